The van der Waals surface area contributed by atoms with Crippen LogP contribution in [0, 0.1) is 0 Å². The normalized spacial score (nSPS) is 19.4. The Labute approximate surface area is 200 Å². The number of cyclic esters (lactones) is 1. The van der Waals surface area contributed by atoms with Gasteiger partial charge in [-0.05, 0) is 60.3 Å². The molecular formula is C29H31NO4. The van der Waals surface area contributed by atoms with Gasteiger partial charge in [-0.3, -0.25) is 0 Å². The van der Waals surface area contributed by atoms with Crippen molar-refractivity contribution in [1.29, 1.82) is 0 Å². The number of ether oxygens (including phenoxy) is 2. The zero-order valence-corrected chi connectivity index (χ0v) is 19.4. The van der Waals surface area contributed by atoms with E-state index in [1.165, 1.54) is 16.3 Å². The van der Waals surface area contributed by atoms with Crippen molar-refractivity contribution < 1.29 is 19.4 Å². The van der Waals surface area contributed by atoms with Crippen molar-refractivity contribution in [2.24, 2.45) is 0 Å². The summed E-state index contributed by atoms with van der Waals surface area (Å²) < 4.78 is 11.0. The molecule has 2 aliphatic rings. The molecule has 34 heavy (non-hydrogen) atoms. The van der Waals surface area contributed by atoms with Crippen molar-refractivity contribution in [3.05, 3.63) is 83.4 Å². The van der Waals surface area contributed by atoms with Crippen LogP contribution in [0.1, 0.15) is 36.3 Å². The van der Waals surface area contributed by atoms with E-state index < -0.39 is 6.10 Å². The van der Waals surface area contributed by atoms with E-state index in [4.69, 9.17) is 9.47 Å². The first-order chi connectivity index (χ1) is 16.7. The summed E-state index contributed by atoms with van der Waals surface area (Å²) >= 11 is 0. The summed E-state index contributed by atoms with van der Waals surface area (Å²) in [6.07, 6.45) is 4.06. The van der Waals surface area contributed by atoms with Gasteiger partial charge in [0.25, 0.3) is 0 Å². The summed E-state index contributed by atoms with van der Waals surface area (Å²) in [5, 5.41) is 13.2. The topological polar surface area (TPSA) is 59.0 Å². The Kier molecular flexibility index (Phi) is 6.93. The lowest BCUT2D eigenvalue weighted by Gasteiger charge is -2.33. The second-order valence-corrected chi connectivity index (χ2v) is 9.24. The van der Waals surface area contributed by atoms with Gasteiger partial charge >= 0.3 is 5.97 Å². The van der Waals surface area contributed by atoms with Gasteiger partial charge in [-0.1, -0.05) is 60.7 Å². The lowest BCUT2D eigenvalue weighted by molar-refractivity contribution is -0.134. The molecule has 176 valence electrons. The first-order valence-corrected chi connectivity index (χ1v) is 12.1. The van der Waals surface area contributed by atoms with Crippen LogP contribution in [0.2, 0.25) is 0 Å². The number of para-hydroxylation sites is 1. The van der Waals surface area contributed by atoms with Crippen LogP contribution < -0.4 is 4.74 Å². The molecule has 0 bridgehead atoms. The van der Waals surface area contributed by atoms with Crippen LogP contribution in [0.3, 0.4) is 0 Å². The fourth-order valence-electron chi connectivity index (χ4n) is 4.95. The molecule has 0 unspecified atom stereocenters. The minimum absolute atomic E-state index is 0.217. The molecule has 0 aliphatic carbocycles. The molecule has 5 rings (SSSR count). The Morgan fingerprint density at radius 2 is 1.79 bits per heavy atom. The van der Waals surface area contributed by atoms with Gasteiger partial charge < -0.3 is 19.5 Å². The predicted octanol–water partition coefficient (Wildman–Crippen LogP) is 4.79. The minimum atomic E-state index is -0.575. The van der Waals surface area contributed by atoms with Crippen LogP contribution in [-0.4, -0.2) is 54.9 Å². The van der Waals surface area contributed by atoms with Gasteiger partial charge in [-0.2, -0.15) is 0 Å². The number of hydrogen-bond donors (Lipinski definition) is 1. The molecule has 2 aliphatic heterocycles. The smallest absolute Gasteiger partial charge is 0.334 e. The van der Waals surface area contributed by atoms with E-state index in [-0.39, 0.29) is 12.6 Å². The Balaban J connectivity index is 1.12. The van der Waals surface area contributed by atoms with Gasteiger partial charge in [0.15, 0.2) is 0 Å². The number of aliphatic hydroxyl groups excluding tert-OH is 1. The number of nitrogens with zero attached hydrogens (tertiary/aromatic N) is 1. The number of rotatable bonds is 7. The lowest BCUT2D eigenvalue weighted by atomic mass is 9.88. The van der Waals surface area contributed by atoms with Crippen LogP contribution in [0.15, 0.2) is 72.3 Å². The molecule has 2 heterocycles. The molecule has 2 fully saturated rings. The van der Waals surface area contributed by atoms with Gasteiger partial charge in [-0.25, -0.2) is 4.79 Å². The van der Waals surface area contributed by atoms with Crippen molar-refractivity contribution >= 4 is 22.8 Å². The Morgan fingerprint density at radius 3 is 2.59 bits per heavy atom. The molecule has 5 heteroatoms. The highest BCUT2D eigenvalue weighted by molar-refractivity contribution is 5.95. The average molecular weight is 458 g/mol. The number of likely N-dealkylation sites (tertiary alicyclic amines) is 1. The molecule has 1 atom stereocenters. The fraction of sp³-hybridized carbons (Fsp3) is 0.345. The maximum atomic E-state index is 11.8. The highest BCUT2D eigenvalue weighted by atomic mass is 16.5. The van der Waals surface area contributed by atoms with Crippen LogP contribution in [0.25, 0.3) is 16.8 Å². The third-order valence-corrected chi connectivity index (χ3v) is 6.85. The van der Waals surface area contributed by atoms with E-state index in [0.29, 0.717) is 36.8 Å². The lowest BCUT2D eigenvalue weighted by Crippen LogP contribution is -2.40. The Hall–Kier alpha value is -3.15. The van der Waals surface area contributed by atoms with Crippen LogP contribution in [0.4, 0.5) is 0 Å². The number of fused-ring (bicyclic) bond motifs is 1. The van der Waals surface area contributed by atoms with Crippen LogP contribution in [0.5, 0.6) is 5.75 Å². The quantitative estimate of drug-likeness (QED) is 0.408. The van der Waals surface area contributed by atoms with E-state index in [9.17, 15) is 9.90 Å². The van der Waals surface area contributed by atoms with Crippen molar-refractivity contribution in [2.75, 3.05) is 32.8 Å². The number of β-amino-alcohol motifs (C(OH)–C–C–N with tert-alkyl or cyclic N) is 1. The van der Waals surface area contributed by atoms with Gasteiger partial charge in [0.1, 0.15) is 18.5 Å². The largest absolute Gasteiger partial charge is 0.490 e. The number of piperidine rings is 1. The van der Waals surface area contributed by atoms with E-state index >= 15 is 0 Å². The fourth-order valence-corrected chi connectivity index (χ4v) is 4.95. The monoisotopic (exact) mass is 457 g/mol. The van der Waals surface area contributed by atoms with Crippen molar-refractivity contribution in [1.82, 2.24) is 4.90 Å². The molecule has 0 saturated carbocycles. The molecule has 2 saturated heterocycles. The highest BCUT2D eigenvalue weighted by Crippen LogP contribution is 2.30. The Bertz CT molecular complexity index is 1180. The van der Waals surface area contributed by atoms with Crippen LogP contribution >= 0.6 is 0 Å². The standard InChI is InChI=1S/C29H31NO4/c31-27(20-34-28-8-4-3-7-25(28)18-26-13-16-33-29(26)32)19-30-14-11-22(12-15-30)24-10-9-21-5-1-2-6-23(21)17-24/h1-10,17-18,22,27,31H,11-16,19-20H2/b26-18+/t27-/m1/s1. The van der Waals surface area contributed by atoms with E-state index in [2.05, 4.69) is 47.4 Å². The maximum Gasteiger partial charge on any atom is 0.334 e. The van der Waals surface area contributed by atoms with Crippen molar-refractivity contribution in [3.63, 3.8) is 0 Å². The molecule has 3 aromatic carbocycles. The SMILES string of the molecule is O=C1OCC/C1=C\c1ccccc1OC[C@H](O)CN1CCC(c2ccc3ccccc3c2)CC1. The second kappa shape index (κ2) is 10.4. The minimum Gasteiger partial charge on any atom is -0.490 e. The first-order valence-electron chi connectivity index (χ1n) is 12.1. The van der Waals surface area contributed by atoms with Crippen molar-refractivity contribution in [2.45, 2.75) is 31.3 Å². The average Bonchev–Trinajstić information content (AvgIpc) is 3.28. The second-order valence-electron chi connectivity index (χ2n) is 9.24. The summed E-state index contributed by atoms with van der Waals surface area (Å²) in [5.74, 6) is 0.974. The van der Waals surface area contributed by atoms with Gasteiger partial charge in [0.05, 0.1) is 6.61 Å². The Morgan fingerprint density at radius 1 is 1.03 bits per heavy atom. The molecule has 0 radical (unpaired) electrons. The zero-order chi connectivity index (χ0) is 23.3. The molecule has 1 N–H and O–H groups in total. The molecular weight excluding hydrogens is 426 g/mol. The van der Waals surface area contributed by atoms with E-state index in [0.717, 1.165) is 31.5 Å². The van der Waals surface area contributed by atoms with Gasteiger partial charge in [0.2, 0.25) is 0 Å². The number of carbonyl (C=O) groups excluding carboxylic acids is 1. The number of aliphatic hydroxyl groups is 1. The summed E-state index contributed by atoms with van der Waals surface area (Å²) in [5.41, 5.74) is 2.91. The molecule has 5 nitrogen and oxygen atoms in total. The van der Waals surface area contributed by atoms with Gasteiger partial charge in [0, 0.05) is 24.1 Å². The number of carbonyl (C=O) groups is 1. The molecule has 0 aromatic heterocycles. The number of hydrogen-bond acceptors (Lipinski definition) is 5. The van der Waals surface area contributed by atoms with Gasteiger partial charge in [-0.15, -0.1) is 0 Å². The molecule has 0 amide bonds. The molecule has 3 aromatic rings. The van der Waals surface area contributed by atoms with Crippen LogP contribution in [-0.2, 0) is 9.53 Å². The summed E-state index contributed by atoms with van der Waals surface area (Å²) in [6.45, 7) is 3.19. The maximum absolute atomic E-state index is 11.8. The highest BCUT2D eigenvalue weighted by Gasteiger charge is 2.23. The molecule has 0 spiro atoms. The predicted molar refractivity (Wildman–Crippen MR) is 134 cm³/mol. The van der Waals surface area contributed by atoms with Crippen molar-refractivity contribution in [3.8, 4) is 5.75 Å². The number of benzene rings is 3. The zero-order valence-electron chi connectivity index (χ0n) is 19.4. The first kappa shape index (κ1) is 22.6. The van der Waals surface area contributed by atoms with E-state index in [1.807, 2.05) is 30.3 Å². The summed E-state index contributed by atoms with van der Waals surface area (Å²) in [6, 6.07) is 22.9. The third-order valence-electron chi connectivity index (χ3n) is 6.85. The number of esters is 1. The van der Waals surface area contributed by atoms with E-state index in [1.54, 1.807) is 0 Å². The third kappa shape index (κ3) is 5.32. The summed E-state index contributed by atoms with van der Waals surface area (Å²) in [7, 11) is 0. The summed E-state index contributed by atoms with van der Waals surface area (Å²) in [4.78, 5) is 14.1.